The van der Waals surface area contributed by atoms with Crippen molar-refractivity contribution in [2.24, 2.45) is 7.05 Å². The Morgan fingerprint density at radius 3 is 2.61 bits per heavy atom. The monoisotopic (exact) mass is 409 g/mol. The lowest BCUT2D eigenvalue weighted by atomic mass is 10.0. The Hall–Kier alpha value is -4.33. The van der Waals surface area contributed by atoms with Crippen molar-refractivity contribution in [3.05, 3.63) is 73.1 Å². The third-order valence-corrected chi connectivity index (χ3v) is 5.39. The summed E-state index contributed by atoms with van der Waals surface area (Å²) in [5, 5.41) is 13.7. The average molecular weight is 409 g/mol. The molecule has 0 saturated heterocycles. The van der Waals surface area contributed by atoms with E-state index in [1.165, 1.54) is 12.1 Å². The van der Waals surface area contributed by atoms with Crippen LogP contribution in [0.2, 0.25) is 0 Å². The second kappa shape index (κ2) is 6.60. The predicted molar refractivity (Wildman–Crippen MR) is 117 cm³/mol. The minimum atomic E-state index is -0.259. The summed E-state index contributed by atoms with van der Waals surface area (Å²) in [6, 6.07) is 12.4. The number of halogens is 1. The minimum Gasteiger partial charge on any atom is -0.338 e. The fourth-order valence-electron chi connectivity index (χ4n) is 3.87. The number of aryl methyl sites for hydroxylation is 1. The third kappa shape index (κ3) is 2.88. The third-order valence-electron chi connectivity index (χ3n) is 5.39. The van der Waals surface area contributed by atoms with Crippen LogP contribution in [-0.2, 0) is 7.05 Å². The highest BCUT2D eigenvalue weighted by atomic mass is 19.1. The van der Waals surface area contributed by atoms with Gasteiger partial charge in [-0.15, -0.1) is 0 Å². The van der Waals surface area contributed by atoms with Crippen molar-refractivity contribution in [2.75, 3.05) is 0 Å². The van der Waals surface area contributed by atoms with Crippen LogP contribution >= 0.6 is 0 Å². The van der Waals surface area contributed by atoms with Crippen LogP contribution in [0.15, 0.2) is 67.3 Å². The van der Waals surface area contributed by atoms with Gasteiger partial charge in [0.15, 0.2) is 0 Å². The molecule has 0 amide bonds. The molecule has 8 heteroatoms. The van der Waals surface area contributed by atoms with Crippen LogP contribution in [-0.4, -0.2) is 34.9 Å². The number of nitrogens with zero attached hydrogens (tertiary/aromatic N) is 5. The highest BCUT2D eigenvalue weighted by Crippen LogP contribution is 2.34. The molecule has 0 aliphatic heterocycles. The number of benzene rings is 1. The van der Waals surface area contributed by atoms with Crippen molar-refractivity contribution in [1.82, 2.24) is 34.9 Å². The minimum absolute atomic E-state index is 0.259. The molecule has 0 bridgehead atoms. The van der Waals surface area contributed by atoms with Crippen molar-refractivity contribution in [2.45, 2.75) is 0 Å². The Morgan fingerprint density at radius 2 is 1.81 bits per heavy atom. The molecule has 0 spiro atoms. The molecule has 0 saturated carbocycles. The Morgan fingerprint density at radius 1 is 0.935 bits per heavy atom. The Balaban J connectivity index is 1.50. The zero-order valence-electron chi connectivity index (χ0n) is 16.5. The highest BCUT2D eigenvalue weighted by Gasteiger charge is 2.15. The van der Waals surface area contributed by atoms with E-state index in [1.807, 2.05) is 31.4 Å². The number of fused-ring (bicyclic) bond motifs is 2. The Bertz CT molecular complexity index is 1560. The molecular formula is C23H16FN7. The maximum Gasteiger partial charge on any atom is 0.138 e. The summed E-state index contributed by atoms with van der Waals surface area (Å²) in [7, 11) is 1.88. The maximum atomic E-state index is 13.4. The van der Waals surface area contributed by atoms with Gasteiger partial charge in [-0.05, 0) is 41.5 Å². The van der Waals surface area contributed by atoms with E-state index in [0.29, 0.717) is 0 Å². The van der Waals surface area contributed by atoms with Gasteiger partial charge in [-0.25, -0.2) is 9.37 Å². The molecule has 31 heavy (non-hydrogen) atoms. The maximum absolute atomic E-state index is 13.4. The summed E-state index contributed by atoms with van der Waals surface area (Å²) in [5.41, 5.74) is 6.87. The van der Waals surface area contributed by atoms with Gasteiger partial charge >= 0.3 is 0 Å². The van der Waals surface area contributed by atoms with Gasteiger partial charge in [0.25, 0.3) is 0 Å². The number of aromatic nitrogens is 7. The summed E-state index contributed by atoms with van der Waals surface area (Å²) in [6.07, 6.45) is 7.24. The molecule has 0 aliphatic rings. The largest absolute Gasteiger partial charge is 0.338 e. The number of pyridine rings is 2. The van der Waals surface area contributed by atoms with Crippen molar-refractivity contribution >= 4 is 21.9 Å². The van der Waals surface area contributed by atoms with Crippen molar-refractivity contribution < 1.29 is 4.39 Å². The van der Waals surface area contributed by atoms with Crippen LogP contribution in [0.1, 0.15) is 0 Å². The van der Waals surface area contributed by atoms with Crippen LogP contribution in [0.25, 0.3) is 55.7 Å². The predicted octanol–water partition coefficient (Wildman–Crippen LogP) is 4.71. The quantitative estimate of drug-likeness (QED) is 0.443. The number of nitrogens with one attached hydrogen (secondary N) is 2. The number of aromatic amines is 2. The number of hydrogen-bond acceptors (Lipinski definition) is 4. The van der Waals surface area contributed by atoms with Crippen LogP contribution in [0, 0.1) is 5.82 Å². The lowest BCUT2D eigenvalue weighted by Gasteiger charge is -2.02. The van der Waals surface area contributed by atoms with Gasteiger partial charge in [-0.3, -0.25) is 14.8 Å². The van der Waals surface area contributed by atoms with Crippen molar-refractivity contribution in [1.29, 1.82) is 0 Å². The fraction of sp³-hybridized carbons (Fsp3) is 0.0435. The second-order valence-corrected chi connectivity index (χ2v) is 7.40. The van der Waals surface area contributed by atoms with Gasteiger partial charge in [-0.1, -0.05) is 12.1 Å². The molecule has 7 nitrogen and oxygen atoms in total. The first-order valence-corrected chi connectivity index (χ1v) is 9.73. The van der Waals surface area contributed by atoms with Gasteiger partial charge in [0.05, 0.1) is 29.3 Å². The van der Waals surface area contributed by atoms with E-state index in [4.69, 9.17) is 0 Å². The van der Waals surface area contributed by atoms with E-state index < -0.39 is 0 Å². The first-order valence-electron chi connectivity index (χ1n) is 9.73. The Kier molecular flexibility index (Phi) is 3.73. The molecule has 6 rings (SSSR count). The number of H-pyrrole nitrogens is 2. The zero-order valence-corrected chi connectivity index (χ0v) is 16.5. The molecule has 6 aromatic rings. The molecule has 0 radical (unpaired) electrons. The van der Waals surface area contributed by atoms with Gasteiger partial charge in [-0.2, -0.15) is 10.2 Å². The van der Waals surface area contributed by atoms with Crippen LogP contribution in [0.3, 0.4) is 0 Å². The smallest absolute Gasteiger partial charge is 0.138 e. The summed E-state index contributed by atoms with van der Waals surface area (Å²) in [5.74, 6) is -0.259. The topological polar surface area (TPSA) is 88.1 Å². The highest BCUT2D eigenvalue weighted by molar-refractivity contribution is 6.00. The van der Waals surface area contributed by atoms with Gasteiger partial charge in [0, 0.05) is 35.8 Å². The molecule has 0 aliphatic carbocycles. The molecule has 1 aromatic carbocycles. The van der Waals surface area contributed by atoms with Crippen molar-refractivity contribution in [3.8, 4) is 33.8 Å². The SMILES string of the molecule is Cn1cc(-c2cc3c(-c4cc5c(-c6ccc(F)cc6)ccnc5[nH]4)n[nH]c3cn2)cn1. The first kappa shape index (κ1) is 17.5. The summed E-state index contributed by atoms with van der Waals surface area (Å²) in [6.45, 7) is 0. The van der Waals surface area contributed by atoms with Crippen LogP contribution in [0.4, 0.5) is 4.39 Å². The first-order chi connectivity index (χ1) is 15.2. The molecular weight excluding hydrogens is 393 g/mol. The standard InChI is InChI=1S/C23H16FN7/c1-31-12-14(10-27-31)19-9-18-21(11-26-19)29-30-22(18)20-8-17-16(6-7-25-23(17)28-20)13-2-4-15(24)5-3-13/h2-12H,1H3,(H,25,28)(H,29,30). The molecule has 5 aromatic heterocycles. The summed E-state index contributed by atoms with van der Waals surface area (Å²) >= 11 is 0. The second-order valence-electron chi connectivity index (χ2n) is 7.40. The zero-order chi connectivity index (χ0) is 20.9. The van der Waals surface area contributed by atoms with E-state index in [2.05, 4.69) is 30.2 Å². The van der Waals surface area contributed by atoms with Crippen LogP contribution < -0.4 is 0 Å². The van der Waals surface area contributed by atoms with Gasteiger partial charge in [0.2, 0.25) is 0 Å². The lowest BCUT2D eigenvalue weighted by molar-refractivity contribution is 0.628. The normalized spacial score (nSPS) is 11.5. The summed E-state index contributed by atoms with van der Waals surface area (Å²) in [4.78, 5) is 12.4. The number of hydrogen-bond donors (Lipinski definition) is 2. The summed E-state index contributed by atoms with van der Waals surface area (Å²) < 4.78 is 15.1. The molecule has 150 valence electrons. The van der Waals surface area contributed by atoms with E-state index in [-0.39, 0.29) is 5.82 Å². The molecule has 2 N–H and O–H groups in total. The van der Waals surface area contributed by atoms with E-state index in [9.17, 15) is 4.39 Å². The average Bonchev–Trinajstić information content (AvgIpc) is 3.51. The van der Waals surface area contributed by atoms with Gasteiger partial charge in [0.1, 0.15) is 17.2 Å². The van der Waals surface area contributed by atoms with Crippen molar-refractivity contribution in [3.63, 3.8) is 0 Å². The molecule has 0 fully saturated rings. The van der Waals surface area contributed by atoms with Gasteiger partial charge < -0.3 is 4.98 Å². The van der Waals surface area contributed by atoms with E-state index in [1.54, 1.807) is 35.4 Å². The molecule has 5 heterocycles. The molecule has 0 atom stereocenters. The Labute approximate surface area is 175 Å². The van der Waals surface area contributed by atoms with E-state index >= 15 is 0 Å². The van der Waals surface area contributed by atoms with Crippen LogP contribution in [0.5, 0.6) is 0 Å². The number of rotatable bonds is 3. The lowest BCUT2D eigenvalue weighted by Crippen LogP contribution is -1.85. The fourth-order valence-corrected chi connectivity index (χ4v) is 3.87. The molecule has 0 unspecified atom stereocenters. The van der Waals surface area contributed by atoms with E-state index in [0.717, 1.165) is 55.7 Å².